The predicted molar refractivity (Wildman–Crippen MR) is 68.2 cm³/mol. The Bertz CT molecular complexity index is 485. The lowest BCUT2D eigenvalue weighted by atomic mass is 9.70. The molecule has 2 aliphatic rings. The Labute approximate surface area is 107 Å². The molecule has 1 aromatic rings. The fourth-order valence-electron chi connectivity index (χ4n) is 4.02. The van der Waals surface area contributed by atoms with E-state index in [1.165, 1.54) is 6.42 Å². The van der Waals surface area contributed by atoms with Crippen LogP contribution in [-0.4, -0.2) is 16.1 Å². The molecule has 0 saturated heterocycles. The Hall–Kier alpha value is -1.38. The fourth-order valence-corrected chi connectivity index (χ4v) is 4.02. The molecule has 3 heteroatoms. The number of rotatable bonds is 3. The Kier molecular flexibility index (Phi) is 2.65. The minimum atomic E-state index is -0.613. The predicted octanol–water partition coefficient (Wildman–Crippen LogP) is 2.82. The number of fused-ring (bicyclic) bond motifs is 2. The summed E-state index contributed by atoms with van der Waals surface area (Å²) in [6.45, 7) is 1.96. The Balaban J connectivity index is 1.90. The van der Waals surface area contributed by atoms with E-state index in [1.807, 2.05) is 25.1 Å². The molecule has 0 amide bonds. The summed E-state index contributed by atoms with van der Waals surface area (Å²) < 4.78 is 0. The van der Waals surface area contributed by atoms with Gasteiger partial charge in [0.2, 0.25) is 0 Å². The largest absolute Gasteiger partial charge is 0.481 e. The zero-order valence-corrected chi connectivity index (χ0v) is 10.7. The SMILES string of the molecule is Cc1cccc(CC2(C(=O)O)CC3CCC2C3)n1. The summed E-state index contributed by atoms with van der Waals surface area (Å²) in [5.41, 5.74) is 1.37. The fraction of sp³-hybridized carbons (Fsp3) is 0.600. The van der Waals surface area contributed by atoms with E-state index in [0.717, 1.165) is 30.7 Å². The first-order valence-corrected chi connectivity index (χ1v) is 6.76. The van der Waals surface area contributed by atoms with Crippen LogP contribution in [0.15, 0.2) is 18.2 Å². The summed E-state index contributed by atoms with van der Waals surface area (Å²) in [6, 6.07) is 5.89. The third-order valence-electron chi connectivity index (χ3n) is 4.84. The van der Waals surface area contributed by atoms with Crippen molar-refractivity contribution in [3.05, 3.63) is 29.6 Å². The molecule has 0 radical (unpaired) electrons. The maximum Gasteiger partial charge on any atom is 0.310 e. The number of aliphatic carboxylic acids is 1. The summed E-state index contributed by atoms with van der Waals surface area (Å²) in [6.07, 6.45) is 4.87. The molecule has 0 aliphatic heterocycles. The van der Waals surface area contributed by atoms with Crippen molar-refractivity contribution in [3.8, 4) is 0 Å². The summed E-state index contributed by atoms with van der Waals surface area (Å²) in [7, 11) is 0. The van der Waals surface area contributed by atoms with Crippen molar-refractivity contribution in [1.29, 1.82) is 0 Å². The highest BCUT2D eigenvalue weighted by atomic mass is 16.4. The molecule has 3 atom stereocenters. The van der Waals surface area contributed by atoms with Crippen molar-refractivity contribution in [2.75, 3.05) is 0 Å². The van der Waals surface area contributed by atoms with Crippen LogP contribution in [0.2, 0.25) is 0 Å². The van der Waals surface area contributed by atoms with Gasteiger partial charge in [-0.15, -0.1) is 0 Å². The van der Waals surface area contributed by atoms with Crippen LogP contribution in [0.1, 0.15) is 37.1 Å². The molecule has 0 aromatic carbocycles. The number of carbonyl (C=O) groups is 1. The monoisotopic (exact) mass is 245 g/mol. The van der Waals surface area contributed by atoms with E-state index in [4.69, 9.17) is 0 Å². The number of hydrogen-bond donors (Lipinski definition) is 1. The molecular formula is C15H19NO2. The van der Waals surface area contributed by atoms with Gasteiger partial charge in [0.05, 0.1) is 5.41 Å². The average Bonchev–Trinajstić information content (AvgIpc) is 2.89. The molecule has 18 heavy (non-hydrogen) atoms. The molecular weight excluding hydrogens is 226 g/mol. The number of aryl methyl sites for hydroxylation is 1. The molecule has 1 N–H and O–H groups in total. The quantitative estimate of drug-likeness (QED) is 0.890. The van der Waals surface area contributed by atoms with Gasteiger partial charge in [0.15, 0.2) is 0 Å². The van der Waals surface area contributed by atoms with Crippen LogP contribution in [0, 0.1) is 24.2 Å². The van der Waals surface area contributed by atoms with E-state index < -0.39 is 11.4 Å². The van der Waals surface area contributed by atoms with Crippen LogP contribution < -0.4 is 0 Å². The van der Waals surface area contributed by atoms with Crippen LogP contribution in [0.3, 0.4) is 0 Å². The zero-order chi connectivity index (χ0) is 12.8. The van der Waals surface area contributed by atoms with Crippen molar-refractivity contribution < 1.29 is 9.90 Å². The lowest BCUT2D eigenvalue weighted by Crippen LogP contribution is -2.38. The average molecular weight is 245 g/mol. The molecule has 0 spiro atoms. The second kappa shape index (κ2) is 4.08. The van der Waals surface area contributed by atoms with E-state index in [9.17, 15) is 9.90 Å². The maximum atomic E-state index is 11.8. The molecule has 2 bridgehead atoms. The Morgan fingerprint density at radius 1 is 1.50 bits per heavy atom. The van der Waals surface area contributed by atoms with Gasteiger partial charge < -0.3 is 5.11 Å². The van der Waals surface area contributed by atoms with Crippen molar-refractivity contribution in [1.82, 2.24) is 4.98 Å². The van der Waals surface area contributed by atoms with E-state index in [2.05, 4.69) is 4.98 Å². The molecule has 3 rings (SSSR count). The highest BCUT2D eigenvalue weighted by Crippen LogP contribution is 2.57. The number of carboxylic acids is 1. The third kappa shape index (κ3) is 1.73. The second-order valence-electron chi connectivity index (χ2n) is 5.99. The van der Waals surface area contributed by atoms with Gasteiger partial charge in [0.1, 0.15) is 0 Å². The molecule has 2 saturated carbocycles. The first kappa shape index (κ1) is 11.7. The highest BCUT2D eigenvalue weighted by Gasteiger charge is 2.55. The minimum Gasteiger partial charge on any atom is -0.481 e. The number of aromatic nitrogens is 1. The minimum absolute atomic E-state index is 0.363. The number of nitrogens with zero attached hydrogens (tertiary/aromatic N) is 1. The van der Waals surface area contributed by atoms with Gasteiger partial charge in [0.25, 0.3) is 0 Å². The van der Waals surface area contributed by atoms with Gasteiger partial charge in [-0.1, -0.05) is 12.5 Å². The molecule has 2 fully saturated rings. The standard InChI is InChI=1S/C15H19NO2/c1-10-3-2-4-13(16-10)9-15(14(17)18)8-11-5-6-12(15)7-11/h2-4,11-12H,5-9H2,1H3,(H,17,18). The first-order valence-electron chi connectivity index (χ1n) is 6.76. The van der Waals surface area contributed by atoms with Gasteiger partial charge in [-0.25, -0.2) is 0 Å². The molecule has 1 aromatic heterocycles. The van der Waals surface area contributed by atoms with Gasteiger partial charge in [-0.2, -0.15) is 0 Å². The number of carboxylic acid groups (broad SMARTS) is 1. The van der Waals surface area contributed by atoms with Crippen LogP contribution >= 0.6 is 0 Å². The molecule has 3 unspecified atom stereocenters. The number of hydrogen-bond acceptors (Lipinski definition) is 2. The van der Waals surface area contributed by atoms with E-state index in [0.29, 0.717) is 18.3 Å². The van der Waals surface area contributed by atoms with E-state index in [1.54, 1.807) is 0 Å². The van der Waals surface area contributed by atoms with Crippen molar-refractivity contribution in [3.63, 3.8) is 0 Å². The normalized spacial score (nSPS) is 33.8. The summed E-state index contributed by atoms with van der Waals surface area (Å²) in [5, 5.41) is 9.69. The van der Waals surface area contributed by atoms with Crippen LogP contribution in [-0.2, 0) is 11.2 Å². The van der Waals surface area contributed by atoms with Crippen molar-refractivity contribution >= 4 is 5.97 Å². The first-order chi connectivity index (χ1) is 8.60. The smallest absolute Gasteiger partial charge is 0.310 e. The lowest BCUT2D eigenvalue weighted by Gasteiger charge is -2.33. The number of pyridine rings is 1. The summed E-state index contributed by atoms with van der Waals surface area (Å²) in [5.74, 6) is 0.385. The van der Waals surface area contributed by atoms with Gasteiger partial charge in [-0.05, 0) is 50.2 Å². The summed E-state index contributed by atoms with van der Waals surface area (Å²) in [4.78, 5) is 16.3. The van der Waals surface area contributed by atoms with Gasteiger partial charge in [0, 0.05) is 17.8 Å². The third-order valence-corrected chi connectivity index (χ3v) is 4.84. The maximum absolute atomic E-state index is 11.8. The molecule has 96 valence electrons. The van der Waals surface area contributed by atoms with Gasteiger partial charge >= 0.3 is 5.97 Å². The Morgan fingerprint density at radius 2 is 2.33 bits per heavy atom. The van der Waals surface area contributed by atoms with Crippen molar-refractivity contribution in [2.24, 2.45) is 17.3 Å². The topological polar surface area (TPSA) is 50.2 Å². The molecule has 1 heterocycles. The van der Waals surface area contributed by atoms with E-state index in [-0.39, 0.29) is 0 Å². The lowest BCUT2D eigenvalue weighted by molar-refractivity contribution is -0.152. The highest BCUT2D eigenvalue weighted by molar-refractivity contribution is 5.76. The zero-order valence-electron chi connectivity index (χ0n) is 10.7. The molecule has 2 aliphatic carbocycles. The summed E-state index contributed by atoms with van der Waals surface area (Å²) >= 11 is 0. The van der Waals surface area contributed by atoms with Crippen LogP contribution in [0.4, 0.5) is 0 Å². The van der Waals surface area contributed by atoms with Crippen LogP contribution in [0.25, 0.3) is 0 Å². The van der Waals surface area contributed by atoms with E-state index >= 15 is 0 Å². The Morgan fingerprint density at radius 3 is 2.89 bits per heavy atom. The van der Waals surface area contributed by atoms with Gasteiger partial charge in [-0.3, -0.25) is 9.78 Å². The second-order valence-corrected chi connectivity index (χ2v) is 5.99. The van der Waals surface area contributed by atoms with Crippen molar-refractivity contribution in [2.45, 2.75) is 39.0 Å². The van der Waals surface area contributed by atoms with Crippen LogP contribution in [0.5, 0.6) is 0 Å². The molecule has 3 nitrogen and oxygen atoms in total.